The van der Waals surface area contributed by atoms with E-state index in [0.717, 1.165) is 0 Å². The molecule has 8 heteroatoms. The van der Waals surface area contributed by atoms with Crippen LogP contribution in [0.3, 0.4) is 0 Å². The van der Waals surface area contributed by atoms with Gasteiger partial charge in [-0.1, -0.05) is 41.5 Å². The molecule has 0 N–H and O–H groups in total. The lowest BCUT2D eigenvalue weighted by molar-refractivity contribution is 0.282. The zero-order valence-electron chi connectivity index (χ0n) is 17.3. The van der Waals surface area contributed by atoms with Crippen molar-refractivity contribution in [3.05, 3.63) is 0 Å². The monoisotopic (exact) mass is 398 g/mol. The van der Waals surface area contributed by atoms with Crippen LogP contribution in [0.25, 0.3) is 0 Å². The lowest BCUT2D eigenvalue weighted by Crippen LogP contribution is -2.41. The first kappa shape index (κ1) is 23.8. The minimum Gasteiger partial charge on any atom is -0.331 e. The smallest absolute Gasteiger partial charge is 0.331 e. The van der Waals surface area contributed by atoms with Crippen LogP contribution in [0.2, 0.25) is 55.9 Å². The summed E-state index contributed by atoms with van der Waals surface area (Å²) in [6.07, 6.45) is 0. The van der Waals surface area contributed by atoms with Gasteiger partial charge in [-0.05, 0) is 55.9 Å². The number of hydrogen-bond donors (Lipinski definition) is 0. The molecule has 0 rings (SSSR count). The molecule has 0 aliphatic heterocycles. The van der Waals surface area contributed by atoms with Gasteiger partial charge in [-0.2, -0.15) is 0 Å². The van der Waals surface area contributed by atoms with E-state index in [2.05, 4.69) is 80.8 Å². The Morgan fingerprint density at radius 2 is 0.739 bits per heavy atom. The van der Waals surface area contributed by atoms with Gasteiger partial charge in [-0.15, -0.1) is 0 Å². The predicted molar refractivity (Wildman–Crippen MR) is 109 cm³/mol. The second-order valence-corrected chi connectivity index (χ2v) is 25.2. The summed E-state index contributed by atoms with van der Waals surface area (Å²) in [6, 6.07) is 0. The summed E-state index contributed by atoms with van der Waals surface area (Å²) in [6.45, 7) is 25.2. The summed E-state index contributed by atoms with van der Waals surface area (Å²) in [4.78, 5) is 0. The first-order valence-electron chi connectivity index (χ1n) is 8.67. The van der Waals surface area contributed by atoms with Gasteiger partial charge >= 0.3 is 7.82 Å². The highest BCUT2D eigenvalue weighted by atomic mass is 31.2. The fraction of sp³-hybridized carbons (Fsp3) is 1.00. The van der Waals surface area contributed by atoms with E-state index in [1.165, 1.54) is 0 Å². The van der Waals surface area contributed by atoms with Gasteiger partial charge in [-0.3, -0.25) is 0 Å². The van der Waals surface area contributed by atoms with Crippen LogP contribution in [0.1, 0.15) is 41.5 Å². The highest BCUT2D eigenvalue weighted by Gasteiger charge is 2.47. The maximum absolute atomic E-state index is 13.6. The molecule has 0 radical (unpaired) electrons. The van der Waals surface area contributed by atoms with Crippen molar-refractivity contribution in [1.82, 2.24) is 0 Å². The van der Waals surface area contributed by atoms with Gasteiger partial charge in [0.05, 0.1) is 0 Å². The molecule has 0 aromatic rings. The van der Waals surface area contributed by atoms with Crippen LogP contribution in [0, 0.1) is 0 Å². The van der Waals surface area contributed by atoms with Gasteiger partial charge in [0.15, 0.2) is 0 Å². The summed E-state index contributed by atoms with van der Waals surface area (Å²) in [5, 5.41) is 0. The van der Waals surface area contributed by atoms with Crippen LogP contribution in [0.4, 0.5) is 0 Å². The fourth-order valence-electron chi connectivity index (χ4n) is 1.24. The molecule has 0 fully saturated rings. The molecule has 0 unspecified atom stereocenters. The Bertz CT molecular complexity index is 373. The zero-order chi connectivity index (χ0) is 18.9. The van der Waals surface area contributed by atoms with Crippen molar-refractivity contribution in [1.29, 1.82) is 0 Å². The quantitative estimate of drug-likeness (QED) is 0.310. The minimum atomic E-state index is -3.56. The molecule has 0 bridgehead atoms. The molecule has 0 saturated carbocycles. The first-order chi connectivity index (χ1) is 9.95. The van der Waals surface area contributed by atoms with E-state index in [0.29, 0.717) is 16.6 Å². The second kappa shape index (κ2) is 7.98. The third-order valence-corrected chi connectivity index (χ3v) is 21.9. The Morgan fingerprint density at radius 1 is 0.565 bits per heavy atom. The lowest BCUT2D eigenvalue weighted by Gasteiger charge is -2.40. The molecule has 0 atom stereocenters. The van der Waals surface area contributed by atoms with Gasteiger partial charge in [0.2, 0.25) is 25.0 Å². The lowest BCUT2D eigenvalue weighted by atomic mass is 10.6. The number of rotatable bonds is 9. The van der Waals surface area contributed by atoms with E-state index >= 15 is 0 Å². The largest absolute Gasteiger partial charge is 0.445 e. The van der Waals surface area contributed by atoms with Crippen molar-refractivity contribution >= 4 is 32.8 Å². The molecule has 23 heavy (non-hydrogen) atoms. The van der Waals surface area contributed by atoms with Crippen LogP contribution in [0.5, 0.6) is 0 Å². The average Bonchev–Trinajstić information content (AvgIpc) is 2.24. The van der Waals surface area contributed by atoms with Crippen molar-refractivity contribution in [3.8, 4) is 0 Å². The molecule has 0 aromatic heterocycles. The van der Waals surface area contributed by atoms with Crippen LogP contribution < -0.4 is 0 Å². The van der Waals surface area contributed by atoms with E-state index in [4.69, 9.17) is 12.6 Å². The first-order valence-corrected chi connectivity index (χ1v) is 19.1. The van der Waals surface area contributed by atoms with Gasteiger partial charge in [-0.25, -0.2) is 4.57 Å². The van der Waals surface area contributed by atoms with Crippen LogP contribution in [-0.4, -0.2) is 25.0 Å². The molecular formula is C15H39O4PSi3. The predicted octanol–water partition coefficient (Wildman–Crippen LogP) is 6.99. The van der Waals surface area contributed by atoms with Crippen molar-refractivity contribution in [3.63, 3.8) is 0 Å². The highest BCUT2D eigenvalue weighted by molar-refractivity contribution is 7.53. The zero-order valence-corrected chi connectivity index (χ0v) is 21.2. The Kier molecular flexibility index (Phi) is 8.24. The van der Waals surface area contributed by atoms with E-state index in [-0.39, 0.29) is 0 Å². The van der Waals surface area contributed by atoms with Crippen molar-refractivity contribution in [2.75, 3.05) is 0 Å². The number of hydrogen-bond acceptors (Lipinski definition) is 4. The van der Waals surface area contributed by atoms with Crippen LogP contribution >= 0.6 is 7.82 Å². The van der Waals surface area contributed by atoms with Gasteiger partial charge in [0, 0.05) is 0 Å². The SMILES string of the molecule is CC(C)[Si](C)(C)OP(=O)(O[Si](C)(C)C(C)C)O[Si](C)(C)C(C)C. The second-order valence-electron chi connectivity index (χ2n) is 9.00. The Hall–Kier alpha value is 0.761. The summed E-state index contributed by atoms with van der Waals surface area (Å²) >= 11 is 0. The van der Waals surface area contributed by atoms with Crippen molar-refractivity contribution < 1.29 is 17.2 Å². The third-order valence-electron chi connectivity index (χ3n) is 5.21. The molecule has 0 amide bonds. The summed E-state index contributed by atoms with van der Waals surface area (Å²) in [7, 11) is -10.0. The van der Waals surface area contributed by atoms with Crippen LogP contribution in [0.15, 0.2) is 0 Å². The van der Waals surface area contributed by atoms with Crippen LogP contribution in [-0.2, 0) is 17.2 Å². The van der Waals surface area contributed by atoms with Crippen molar-refractivity contribution in [2.24, 2.45) is 0 Å². The molecule has 0 aliphatic rings. The van der Waals surface area contributed by atoms with E-state index < -0.39 is 32.8 Å². The van der Waals surface area contributed by atoms with E-state index in [1.807, 2.05) is 0 Å². The Labute approximate surface area is 147 Å². The third kappa shape index (κ3) is 7.26. The average molecular weight is 399 g/mol. The molecule has 0 saturated heterocycles. The standard InChI is InChI=1S/C15H39O4PSi3/c1-13(2)21(7,8)17-20(16,18-22(9,10)14(3)4)19-23(11,12)15(5)6/h13-15H,1-12H3. The fourth-order valence-corrected chi connectivity index (χ4v) is 12.1. The Morgan fingerprint density at radius 3 is 0.870 bits per heavy atom. The molecule has 4 nitrogen and oxygen atoms in total. The molecule has 0 spiro atoms. The normalized spacial score (nSPS) is 15.1. The summed E-state index contributed by atoms with van der Waals surface area (Å²) < 4.78 is 32.1. The molecule has 0 heterocycles. The topological polar surface area (TPSA) is 44.8 Å². The molecule has 140 valence electrons. The highest BCUT2D eigenvalue weighted by Crippen LogP contribution is 2.59. The summed E-state index contributed by atoms with van der Waals surface area (Å²) in [5.74, 6) is 0. The minimum absolute atomic E-state index is 0.343. The van der Waals surface area contributed by atoms with Gasteiger partial charge in [0.25, 0.3) is 0 Å². The molecule has 0 aromatic carbocycles. The summed E-state index contributed by atoms with van der Waals surface area (Å²) in [5.41, 5.74) is 1.03. The van der Waals surface area contributed by atoms with Gasteiger partial charge in [0.1, 0.15) is 0 Å². The molecule has 0 aliphatic carbocycles. The van der Waals surface area contributed by atoms with E-state index in [1.54, 1.807) is 0 Å². The van der Waals surface area contributed by atoms with Gasteiger partial charge < -0.3 is 12.6 Å². The van der Waals surface area contributed by atoms with E-state index in [9.17, 15) is 4.57 Å². The number of phosphoric acid groups is 1. The Balaban J connectivity index is 5.67. The maximum atomic E-state index is 13.6. The van der Waals surface area contributed by atoms with Crippen molar-refractivity contribution in [2.45, 2.75) is 97.4 Å². The molecular weight excluding hydrogens is 359 g/mol. The maximum Gasteiger partial charge on any atom is 0.445 e.